The highest BCUT2D eigenvalue weighted by atomic mass is 16.5. The molecule has 0 saturated carbocycles. The molecule has 2 aliphatic rings. The van der Waals surface area contributed by atoms with Gasteiger partial charge < -0.3 is 19.8 Å². The highest BCUT2D eigenvalue weighted by Gasteiger charge is 2.21. The smallest absolute Gasteiger partial charge is 0.163 e. The first kappa shape index (κ1) is 11.1. The van der Waals surface area contributed by atoms with E-state index < -0.39 is 0 Å². The lowest BCUT2D eigenvalue weighted by atomic mass is 10.2. The molecule has 2 N–H and O–H groups in total. The number of nitrogens with one attached hydrogen (secondary N) is 2. The molecule has 0 amide bonds. The van der Waals surface area contributed by atoms with Crippen molar-refractivity contribution >= 4 is 11.0 Å². The minimum absolute atomic E-state index is 0.356. The number of hydrogen-bond acceptors (Lipinski definition) is 4. The number of benzene rings is 1. The van der Waals surface area contributed by atoms with E-state index >= 15 is 0 Å². The molecule has 1 fully saturated rings. The number of ether oxygens (including phenoxy) is 2. The van der Waals surface area contributed by atoms with Crippen molar-refractivity contribution in [3.63, 3.8) is 0 Å². The number of imidazole rings is 1. The van der Waals surface area contributed by atoms with E-state index in [0.29, 0.717) is 19.3 Å². The molecule has 1 saturated heterocycles. The first-order valence-electron chi connectivity index (χ1n) is 6.93. The topological polar surface area (TPSA) is 59.2 Å². The molecule has 2 aliphatic heterocycles. The van der Waals surface area contributed by atoms with E-state index in [2.05, 4.69) is 15.3 Å². The van der Waals surface area contributed by atoms with Gasteiger partial charge in [-0.1, -0.05) is 0 Å². The Morgan fingerprint density at radius 1 is 1.11 bits per heavy atom. The van der Waals surface area contributed by atoms with Crippen LogP contribution in [0.4, 0.5) is 0 Å². The molecular weight excluding hydrogens is 242 g/mol. The summed E-state index contributed by atoms with van der Waals surface area (Å²) >= 11 is 0. The fourth-order valence-corrected chi connectivity index (χ4v) is 2.77. The van der Waals surface area contributed by atoms with Crippen LogP contribution in [-0.4, -0.2) is 29.7 Å². The van der Waals surface area contributed by atoms with Gasteiger partial charge in [0.05, 0.1) is 30.3 Å². The van der Waals surface area contributed by atoms with Crippen LogP contribution in [0.25, 0.3) is 11.0 Å². The third kappa shape index (κ3) is 1.94. The summed E-state index contributed by atoms with van der Waals surface area (Å²) in [7, 11) is 0. The third-order valence-corrected chi connectivity index (χ3v) is 3.76. The van der Waals surface area contributed by atoms with Crippen molar-refractivity contribution in [3.05, 3.63) is 18.0 Å². The van der Waals surface area contributed by atoms with Gasteiger partial charge in [0.1, 0.15) is 5.82 Å². The first-order chi connectivity index (χ1) is 9.40. The largest absolute Gasteiger partial charge is 0.489 e. The Bertz CT molecular complexity index is 559. The zero-order valence-electron chi connectivity index (χ0n) is 10.7. The summed E-state index contributed by atoms with van der Waals surface area (Å²) in [6, 6.07) is 4.33. The molecule has 1 aromatic heterocycles. The lowest BCUT2D eigenvalue weighted by Gasteiger charge is -2.05. The Labute approximate surface area is 111 Å². The Hall–Kier alpha value is -1.75. The van der Waals surface area contributed by atoms with Gasteiger partial charge in [0.15, 0.2) is 11.5 Å². The van der Waals surface area contributed by atoms with Crippen LogP contribution in [0.15, 0.2) is 12.1 Å². The first-order valence-corrected chi connectivity index (χ1v) is 6.93. The van der Waals surface area contributed by atoms with E-state index in [1.807, 2.05) is 12.1 Å². The highest BCUT2D eigenvalue weighted by Crippen LogP contribution is 2.34. The van der Waals surface area contributed by atoms with E-state index in [1.165, 1.54) is 6.42 Å². The number of aromatic nitrogens is 2. The number of aromatic amines is 1. The standard InChI is InChI=1S/C14H17N3O2/c1-3-9(15-4-1)14-16-10-7-12-13(8-11(10)17-14)19-6-2-5-18-12/h7-9,15H,1-6H2,(H,16,17). The zero-order chi connectivity index (χ0) is 12.7. The van der Waals surface area contributed by atoms with Crippen molar-refractivity contribution in [2.24, 2.45) is 0 Å². The molecule has 19 heavy (non-hydrogen) atoms. The second kappa shape index (κ2) is 4.42. The second-order valence-electron chi connectivity index (χ2n) is 5.14. The summed E-state index contributed by atoms with van der Waals surface area (Å²) in [6.45, 7) is 2.49. The number of H-pyrrole nitrogens is 1. The van der Waals surface area contributed by atoms with Crippen LogP contribution >= 0.6 is 0 Å². The molecule has 1 unspecified atom stereocenters. The summed E-state index contributed by atoms with van der Waals surface area (Å²) in [4.78, 5) is 8.08. The third-order valence-electron chi connectivity index (χ3n) is 3.76. The Kier molecular flexibility index (Phi) is 2.58. The number of fused-ring (bicyclic) bond motifs is 2. The van der Waals surface area contributed by atoms with Crippen LogP contribution in [0.5, 0.6) is 11.5 Å². The van der Waals surface area contributed by atoms with E-state index in [-0.39, 0.29) is 0 Å². The van der Waals surface area contributed by atoms with Gasteiger partial charge in [0, 0.05) is 18.6 Å². The van der Waals surface area contributed by atoms with Gasteiger partial charge in [-0.25, -0.2) is 4.98 Å². The predicted molar refractivity (Wildman–Crippen MR) is 71.7 cm³/mol. The van der Waals surface area contributed by atoms with E-state index in [1.54, 1.807) is 0 Å². The molecule has 5 heteroatoms. The average Bonchev–Trinajstić information content (AvgIpc) is 3.01. The molecule has 0 spiro atoms. The molecule has 2 aromatic rings. The van der Waals surface area contributed by atoms with Crippen LogP contribution in [0.2, 0.25) is 0 Å². The average molecular weight is 259 g/mol. The van der Waals surface area contributed by atoms with Crippen molar-refractivity contribution in [3.8, 4) is 11.5 Å². The Morgan fingerprint density at radius 3 is 2.74 bits per heavy atom. The van der Waals surface area contributed by atoms with Crippen LogP contribution in [-0.2, 0) is 0 Å². The summed E-state index contributed by atoms with van der Waals surface area (Å²) in [5.41, 5.74) is 1.97. The normalized spacial score (nSPS) is 22.6. The van der Waals surface area contributed by atoms with Crippen LogP contribution in [0.1, 0.15) is 31.1 Å². The fourth-order valence-electron chi connectivity index (χ4n) is 2.77. The van der Waals surface area contributed by atoms with E-state index in [4.69, 9.17) is 9.47 Å². The second-order valence-corrected chi connectivity index (χ2v) is 5.14. The van der Waals surface area contributed by atoms with Crippen molar-refractivity contribution in [2.75, 3.05) is 19.8 Å². The van der Waals surface area contributed by atoms with Crippen LogP contribution in [0, 0.1) is 0 Å². The summed E-state index contributed by atoms with van der Waals surface area (Å²) in [5.74, 6) is 2.65. The Morgan fingerprint density at radius 2 is 1.95 bits per heavy atom. The molecule has 0 bridgehead atoms. The van der Waals surface area contributed by atoms with Crippen molar-refractivity contribution < 1.29 is 9.47 Å². The minimum atomic E-state index is 0.356. The minimum Gasteiger partial charge on any atom is -0.489 e. The molecule has 3 heterocycles. The van der Waals surface area contributed by atoms with Gasteiger partial charge in [-0.05, 0) is 19.4 Å². The highest BCUT2D eigenvalue weighted by molar-refractivity contribution is 5.80. The molecule has 0 aliphatic carbocycles. The quantitative estimate of drug-likeness (QED) is 0.824. The summed E-state index contributed by atoms with van der Waals surface area (Å²) in [6.07, 6.45) is 3.28. The maximum Gasteiger partial charge on any atom is 0.163 e. The zero-order valence-corrected chi connectivity index (χ0v) is 10.7. The molecule has 1 aromatic carbocycles. The molecular formula is C14H17N3O2. The predicted octanol–water partition coefficient (Wildman–Crippen LogP) is 2.15. The van der Waals surface area contributed by atoms with Crippen LogP contribution in [0.3, 0.4) is 0 Å². The number of hydrogen-bond donors (Lipinski definition) is 2. The van der Waals surface area contributed by atoms with Crippen LogP contribution < -0.4 is 14.8 Å². The van der Waals surface area contributed by atoms with E-state index in [0.717, 1.165) is 47.7 Å². The molecule has 5 nitrogen and oxygen atoms in total. The van der Waals surface area contributed by atoms with Crippen molar-refractivity contribution in [1.29, 1.82) is 0 Å². The lowest BCUT2D eigenvalue weighted by Crippen LogP contribution is -2.13. The number of nitrogens with zero attached hydrogens (tertiary/aromatic N) is 1. The summed E-state index contributed by atoms with van der Waals surface area (Å²) < 4.78 is 11.4. The maximum absolute atomic E-state index is 5.70. The molecule has 1 atom stereocenters. The monoisotopic (exact) mass is 259 g/mol. The molecule has 0 radical (unpaired) electrons. The van der Waals surface area contributed by atoms with Gasteiger partial charge in [-0.15, -0.1) is 0 Å². The lowest BCUT2D eigenvalue weighted by molar-refractivity contribution is 0.297. The van der Waals surface area contributed by atoms with Gasteiger partial charge >= 0.3 is 0 Å². The molecule has 4 rings (SSSR count). The van der Waals surface area contributed by atoms with Gasteiger partial charge in [0.25, 0.3) is 0 Å². The number of rotatable bonds is 1. The van der Waals surface area contributed by atoms with Gasteiger partial charge in [-0.2, -0.15) is 0 Å². The fraction of sp³-hybridized carbons (Fsp3) is 0.500. The molecule has 100 valence electrons. The maximum atomic E-state index is 5.70. The van der Waals surface area contributed by atoms with Gasteiger partial charge in [0.2, 0.25) is 0 Å². The Balaban J connectivity index is 1.76. The van der Waals surface area contributed by atoms with Crippen molar-refractivity contribution in [2.45, 2.75) is 25.3 Å². The summed E-state index contributed by atoms with van der Waals surface area (Å²) in [5, 5.41) is 3.46. The van der Waals surface area contributed by atoms with Gasteiger partial charge in [-0.3, -0.25) is 0 Å². The van der Waals surface area contributed by atoms with Crippen molar-refractivity contribution in [1.82, 2.24) is 15.3 Å². The van der Waals surface area contributed by atoms with E-state index in [9.17, 15) is 0 Å². The SMILES string of the molecule is c1c2c(cc3[nH]c(C4CCCN4)nc13)OCCCO2.